The highest BCUT2D eigenvalue weighted by Crippen LogP contribution is 2.32. The second-order valence-electron chi connectivity index (χ2n) is 5.96. The molecule has 25 heavy (non-hydrogen) atoms. The summed E-state index contributed by atoms with van der Waals surface area (Å²) in [6.45, 7) is 3.45. The first-order valence-electron chi connectivity index (χ1n) is 8.67. The number of guanidine groups is 1. The van der Waals surface area contributed by atoms with Crippen LogP contribution in [0.1, 0.15) is 25.3 Å². The predicted octanol–water partition coefficient (Wildman–Crippen LogP) is 1.88. The number of aliphatic imine (C=N–C) groups is 1. The van der Waals surface area contributed by atoms with E-state index in [0.29, 0.717) is 31.6 Å². The van der Waals surface area contributed by atoms with Crippen LogP contribution in [0, 0.1) is 5.92 Å². The van der Waals surface area contributed by atoms with Gasteiger partial charge in [-0.25, -0.2) is 4.79 Å². The minimum Gasteiger partial charge on any atom is -0.497 e. The van der Waals surface area contributed by atoms with Crippen molar-refractivity contribution in [3.63, 3.8) is 0 Å². The number of nitrogens with zero attached hydrogens (tertiary/aromatic N) is 1. The van der Waals surface area contributed by atoms with Crippen LogP contribution in [0.4, 0.5) is 4.79 Å². The summed E-state index contributed by atoms with van der Waals surface area (Å²) in [6.07, 6.45) is 1.91. The molecule has 0 aliphatic heterocycles. The average Bonchev–Trinajstić information content (AvgIpc) is 3.46. The molecule has 3 N–H and O–H groups in total. The van der Waals surface area contributed by atoms with E-state index in [4.69, 9.17) is 9.47 Å². The topological polar surface area (TPSA) is 84.0 Å². The first-order valence-corrected chi connectivity index (χ1v) is 8.67. The van der Waals surface area contributed by atoms with Crippen LogP contribution in [0.15, 0.2) is 29.3 Å². The molecule has 1 saturated carbocycles. The van der Waals surface area contributed by atoms with Crippen LogP contribution < -0.4 is 20.7 Å². The molecular formula is C18H28N4O3. The van der Waals surface area contributed by atoms with Gasteiger partial charge in [0.15, 0.2) is 5.96 Å². The number of carbonyl (C=O) groups excluding carboxylic acids is 1. The maximum atomic E-state index is 11.6. The zero-order chi connectivity index (χ0) is 18.1. The number of rotatable bonds is 8. The lowest BCUT2D eigenvalue weighted by Gasteiger charge is -2.20. The van der Waals surface area contributed by atoms with Gasteiger partial charge in [-0.3, -0.25) is 4.99 Å². The summed E-state index contributed by atoms with van der Waals surface area (Å²) in [6, 6.07) is 7.93. The molecule has 7 heteroatoms. The van der Waals surface area contributed by atoms with Crippen molar-refractivity contribution in [2.75, 3.05) is 27.3 Å². The second-order valence-corrected chi connectivity index (χ2v) is 5.96. The van der Waals surface area contributed by atoms with Crippen molar-refractivity contribution >= 4 is 12.1 Å². The van der Waals surface area contributed by atoms with Crippen LogP contribution >= 0.6 is 0 Å². The maximum Gasteiger partial charge on any atom is 0.407 e. The number of carbonyl (C=O) groups is 1. The third-order valence-electron chi connectivity index (χ3n) is 4.10. The Hall–Kier alpha value is -2.44. The van der Waals surface area contributed by atoms with Crippen LogP contribution in [0.5, 0.6) is 5.75 Å². The Labute approximate surface area is 149 Å². The summed E-state index contributed by atoms with van der Waals surface area (Å²) in [7, 11) is 3.38. The molecule has 1 aromatic rings. The lowest BCUT2D eigenvalue weighted by Crippen LogP contribution is -2.48. The molecule has 0 aromatic heterocycles. The number of ether oxygens (including phenoxy) is 2. The van der Waals surface area contributed by atoms with Gasteiger partial charge in [0.2, 0.25) is 0 Å². The molecule has 0 spiro atoms. The fraction of sp³-hybridized carbons (Fsp3) is 0.556. The summed E-state index contributed by atoms with van der Waals surface area (Å²) in [4.78, 5) is 15.9. The van der Waals surface area contributed by atoms with Crippen molar-refractivity contribution in [2.45, 2.75) is 32.4 Å². The normalized spacial score (nSPS) is 15.2. The van der Waals surface area contributed by atoms with Crippen molar-refractivity contribution in [3.8, 4) is 5.75 Å². The summed E-state index contributed by atoms with van der Waals surface area (Å²) in [5, 5.41) is 9.47. The molecule has 0 bridgehead atoms. The lowest BCUT2D eigenvalue weighted by atomic mass is 10.2. The van der Waals surface area contributed by atoms with E-state index in [-0.39, 0.29) is 12.1 Å². The summed E-state index contributed by atoms with van der Waals surface area (Å²) in [5.41, 5.74) is 1.13. The molecular weight excluding hydrogens is 320 g/mol. The van der Waals surface area contributed by atoms with E-state index in [2.05, 4.69) is 20.9 Å². The number of nitrogens with one attached hydrogen (secondary N) is 3. The molecule has 1 unspecified atom stereocenters. The van der Waals surface area contributed by atoms with E-state index >= 15 is 0 Å². The van der Waals surface area contributed by atoms with Gasteiger partial charge in [-0.05, 0) is 43.4 Å². The maximum absolute atomic E-state index is 11.6. The van der Waals surface area contributed by atoms with Gasteiger partial charge in [-0.1, -0.05) is 12.1 Å². The van der Waals surface area contributed by atoms with E-state index in [9.17, 15) is 4.79 Å². The van der Waals surface area contributed by atoms with E-state index in [1.807, 2.05) is 24.3 Å². The first kappa shape index (κ1) is 18.9. The van der Waals surface area contributed by atoms with Crippen LogP contribution in [0.25, 0.3) is 0 Å². The molecule has 1 aromatic carbocycles. The number of benzene rings is 1. The summed E-state index contributed by atoms with van der Waals surface area (Å²) < 4.78 is 10.1. The van der Waals surface area contributed by atoms with Crippen LogP contribution in [0.3, 0.4) is 0 Å². The summed E-state index contributed by atoms with van der Waals surface area (Å²) >= 11 is 0. The Kier molecular flexibility index (Phi) is 7.37. The van der Waals surface area contributed by atoms with Crippen LogP contribution in [-0.4, -0.2) is 45.4 Å². The molecule has 0 saturated heterocycles. The number of amides is 1. The second kappa shape index (κ2) is 9.76. The van der Waals surface area contributed by atoms with Gasteiger partial charge in [0.05, 0.1) is 19.8 Å². The van der Waals surface area contributed by atoms with Crippen LogP contribution in [-0.2, 0) is 11.3 Å². The minimum atomic E-state index is -0.359. The van der Waals surface area contributed by atoms with Gasteiger partial charge in [0.1, 0.15) is 5.75 Å². The predicted molar refractivity (Wildman–Crippen MR) is 97.9 cm³/mol. The molecule has 1 aliphatic rings. The SMILES string of the molecule is CCOC(=O)NC(CNC(=NC)NCc1ccc(OC)cc1)C1CC1. The zero-order valence-corrected chi connectivity index (χ0v) is 15.2. The molecule has 7 nitrogen and oxygen atoms in total. The highest BCUT2D eigenvalue weighted by atomic mass is 16.5. The quantitative estimate of drug-likeness (QED) is 0.493. The lowest BCUT2D eigenvalue weighted by molar-refractivity contribution is 0.146. The smallest absolute Gasteiger partial charge is 0.407 e. The van der Waals surface area contributed by atoms with Crippen molar-refractivity contribution in [2.24, 2.45) is 10.9 Å². The van der Waals surface area contributed by atoms with E-state index in [1.54, 1.807) is 21.1 Å². The molecule has 2 rings (SSSR count). The third kappa shape index (κ3) is 6.52. The minimum absolute atomic E-state index is 0.0542. The van der Waals surface area contributed by atoms with Gasteiger partial charge < -0.3 is 25.4 Å². The molecule has 138 valence electrons. The number of methoxy groups -OCH3 is 1. The zero-order valence-electron chi connectivity index (χ0n) is 15.2. The van der Waals surface area contributed by atoms with Gasteiger partial charge in [-0.2, -0.15) is 0 Å². The van der Waals surface area contributed by atoms with Gasteiger partial charge in [0.25, 0.3) is 0 Å². The molecule has 1 amide bonds. The highest BCUT2D eigenvalue weighted by Gasteiger charge is 2.32. The summed E-state index contributed by atoms with van der Waals surface area (Å²) in [5.74, 6) is 2.05. The fourth-order valence-electron chi connectivity index (χ4n) is 2.51. The fourth-order valence-corrected chi connectivity index (χ4v) is 2.51. The van der Waals surface area contributed by atoms with Crippen molar-refractivity contribution in [1.29, 1.82) is 0 Å². The number of hydrogen-bond acceptors (Lipinski definition) is 4. The van der Waals surface area contributed by atoms with Crippen LogP contribution in [0.2, 0.25) is 0 Å². The van der Waals surface area contributed by atoms with E-state index in [0.717, 1.165) is 24.2 Å². The van der Waals surface area contributed by atoms with Crippen molar-refractivity contribution < 1.29 is 14.3 Å². The standard InChI is InChI=1S/C18H28N4O3/c1-4-25-18(23)22-16(14-7-8-14)12-21-17(19-2)20-11-13-5-9-15(24-3)10-6-13/h5-6,9-10,14,16H,4,7-8,11-12H2,1-3H3,(H,22,23)(H2,19,20,21). The Morgan fingerprint density at radius 1 is 1.28 bits per heavy atom. The molecule has 0 heterocycles. The van der Waals surface area contributed by atoms with Gasteiger partial charge >= 0.3 is 6.09 Å². The first-order chi connectivity index (χ1) is 12.2. The average molecular weight is 348 g/mol. The number of hydrogen-bond donors (Lipinski definition) is 3. The Bertz CT molecular complexity index is 570. The highest BCUT2D eigenvalue weighted by molar-refractivity contribution is 5.79. The third-order valence-corrected chi connectivity index (χ3v) is 4.10. The van der Waals surface area contributed by atoms with E-state index in [1.165, 1.54) is 0 Å². The number of alkyl carbamates (subject to hydrolysis) is 1. The Morgan fingerprint density at radius 3 is 2.56 bits per heavy atom. The Morgan fingerprint density at radius 2 is 2.00 bits per heavy atom. The monoisotopic (exact) mass is 348 g/mol. The Balaban J connectivity index is 1.78. The van der Waals surface area contributed by atoms with Gasteiger partial charge in [-0.15, -0.1) is 0 Å². The molecule has 1 atom stereocenters. The molecule has 1 aliphatic carbocycles. The van der Waals surface area contributed by atoms with E-state index < -0.39 is 0 Å². The van der Waals surface area contributed by atoms with Crippen molar-refractivity contribution in [3.05, 3.63) is 29.8 Å². The van der Waals surface area contributed by atoms with Crippen molar-refractivity contribution in [1.82, 2.24) is 16.0 Å². The van der Waals surface area contributed by atoms with Gasteiger partial charge in [0, 0.05) is 20.1 Å². The largest absolute Gasteiger partial charge is 0.497 e. The molecule has 1 fully saturated rings. The molecule has 0 radical (unpaired) electrons.